The zero-order chi connectivity index (χ0) is 18.7. The molecule has 2 aliphatic rings. The number of ether oxygens (including phenoxy) is 1. The second-order valence-electron chi connectivity index (χ2n) is 6.77. The third-order valence-corrected chi connectivity index (χ3v) is 5.54. The molecule has 1 aliphatic heterocycles. The summed E-state index contributed by atoms with van der Waals surface area (Å²) in [4.78, 5) is 11.5. The number of hydrogen-bond donors (Lipinski definition) is 0. The largest absolute Gasteiger partial charge is 1.00 e. The zero-order valence-electron chi connectivity index (χ0n) is 14.3. The maximum Gasteiger partial charge on any atom is 1.00 e. The Morgan fingerprint density at radius 3 is 2.52 bits per heavy atom. The minimum Gasteiger partial charge on any atom is -0.549 e. The summed E-state index contributed by atoms with van der Waals surface area (Å²) in [6.45, 7) is 0. The molecule has 3 nitrogen and oxygen atoms in total. The molecule has 0 bridgehead atoms. The summed E-state index contributed by atoms with van der Waals surface area (Å²) in [5, 5.41) is 11.8. The van der Waals surface area contributed by atoms with Crippen LogP contribution in [0.4, 0.5) is 13.2 Å². The summed E-state index contributed by atoms with van der Waals surface area (Å²) < 4.78 is 45.4. The van der Waals surface area contributed by atoms with Crippen LogP contribution in [0.25, 0.3) is 0 Å². The van der Waals surface area contributed by atoms with E-state index in [0.717, 1.165) is 5.56 Å². The van der Waals surface area contributed by atoms with Crippen LogP contribution in [-0.2, 0) is 11.2 Å². The first-order valence-corrected chi connectivity index (χ1v) is 8.42. The fourth-order valence-corrected chi connectivity index (χ4v) is 4.06. The van der Waals surface area contributed by atoms with E-state index in [1.165, 1.54) is 12.1 Å². The minimum atomic E-state index is -4.80. The molecule has 0 N–H and O–H groups in total. The maximum absolute atomic E-state index is 13.4. The van der Waals surface area contributed by atoms with Gasteiger partial charge in [0.05, 0.1) is 11.4 Å². The molecule has 2 aromatic carbocycles. The van der Waals surface area contributed by atoms with E-state index in [9.17, 15) is 23.1 Å². The molecule has 2 unspecified atom stereocenters. The van der Waals surface area contributed by atoms with Gasteiger partial charge >= 0.3 is 35.7 Å². The Balaban J connectivity index is 0.00000210. The van der Waals surface area contributed by atoms with Crippen LogP contribution in [0.2, 0.25) is 5.02 Å². The maximum atomic E-state index is 13.4. The molecular formula is C19H13ClF3NaO3. The summed E-state index contributed by atoms with van der Waals surface area (Å²) in [6, 6.07) is 12.4. The van der Waals surface area contributed by atoms with Gasteiger partial charge in [-0.2, -0.15) is 13.2 Å². The van der Waals surface area contributed by atoms with E-state index < -0.39 is 29.6 Å². The molecule has 3 atom stereocenters. The number of carboxylic acids is 1. The van der Waals surface area contributed by atoms with Gasteiger partial charge in [0.25, 0.3) is 0 Å². The van der Waals surface area contributed by atoms with Gasteiger partial charge in [0.2, 0.25) is 6.10 Å². The molecule has 1 aliphatic carbocycles. The van der Waals surface area contributed by atoms with Crippen LogP contribution in [-0.4, -0.2) is 18.2 Å². The molecule has 0 saturated heterocycles. The number of hydrogen-bond acceptors (Lipinski definition) is 3. The number of benzene rings is 2. The van der Waals surface area contributed by atoms with E-state index in [4.69, 9.17) is 16.3 Å². The van der Waals surface area contributed by atoms with E-state index in [-0.39, 0.29) is 41.7 Å². The Kier molecular flexibility index (Phi) is 5.32. The molecule has 0 aromatic heterocycles. The van der Waals surface area contributed by atoms with Crippen molar-refractivity contribution in [1.82, 2.24) is 0 Å². The Hall–Kier alpha value is -1.21. The van der Waals surface area contributed by atoms with Crippen LogP contribution in [0.3, 0.4) is 0 Å². The predicted molar refractivity (Wildman–Crippen MR) is 86.0 cm³/mol. The smallest absolute Gasteiger partial charge is 0.549 e. The number of halogens is 4. The van der Waals surface area contributed by atoms with Gasteiger partial charge in [-0.25, -0.2) is 0 Å². The SMILES string of the molecule is O=C([O-])C12CC1c1cc(Cl)c(Cc3ccccc3)cc1O[C@H]2C(F)(F)F.[Na+]. The first-order chi connectivity index (χ1) is 12.2. The molecule has 1 fully saturated rings. The predicted octanol–water partition coefficient (Wildman–Crippen LogP) is 0.482. The van der Waals surface area contributed by atoms with Crippen molar-refractivity contribution < 1.29 is 57.4 Å². The minimum absolute atomic E-state index is 0. The van der Waals surface area contributed by atoms with Crippen LogP contribution in [0.5, 0.6) is 5.75 Å². The van der Waals surface area contributed by atoms with Crippen LogP contribution < -0.4 is 39.4 Å². The van der Waals surface area contributed by atoms with Crippen LogP contribution in [0, 0.1) is 5.41 Å². The van der Waals surface area contributed by atoms with E-state index in [2.05, 4.69) is 0 Å². The number of carbonyl (C=O) groups excluding carboxylic acids is 1. The van der Waals surface area contributed by atoms with Gasteiger partial charge in [-0.15, -0.1) is 0 Å². The average Bonchev–Trinajstić information content (AvgIpc) is 3.32. The van der Waals surface area contributed by atoms with Crippen LogP contribution in [0.15, 0.2) is 42.5 Å². The summed E-state index contributed by atoms with van der Waals surface area (Å²) in [5.74, 6) is -2.49. The second-order valence-corrected chi connectivity index (χ2v) is 7.18. The number of carbonyl (C=O) groups is 1. The van der Waals surface area contributed by atoms with Crippen molar-refractivity contribution in [3.05, 3.63) is 64.2 Å². The average molecular weight is 405 g/mol. The summed E-state index contributed by atoms with van der Waals surface area (Å²) in [6.07, 6.45) is -6.95. The topological polar surface area (TPSA) is 49.4 Å². The molecule has 1 heterocycles. The van der Waals surface area contributed by atoms with Crippen LogP contribution in [0.1, 0.15) is 29.0 Å². The monoisotopic (exact) mass is 404 g/mol. The van der Waals surface area contributed by atoms with Crippen LogP contribution >= 0.6 is 11.6 Å². The Labute approximate surface area is 180 Å². The molecule has 27 heavy (non-hydrogen) atoms. The van der Waals surface area contributed by atoms with Gasteiger partial charge in [0, 0.05) is 10.9 Å². The first kappa shape index (κ1) is 20.5. The number of alkyl halides is 3. The number of carboxylic acid groups (broad SMARTS) is 1. The summed E-state index contributed by atoms with van der Waals surface area (Å²) in [5.41, 5.74) is -0.0844. The van der Waals surface area contributed by atoms with Crippen molar-refractivity contribution in [2.24, 2.45) is 5.41 Å². The first-order valence-electron chi connectivity index (χ1n) is 8.04. The molecule has 8 heteroatoms. The van der Waals surface area contributed by atoms with Gasteiger partial charge in [0.1, 0.15) is 5.75 Å². The third-order valence-electron chi connectivity index (χ3n) is 5.19. The summed E-state index contributed by atoms with van der Waals surface area (Å²) in [7, 11) is 0. The van der Waals surface area contributed by atoms with Crippen molar-refractivity contribution in [2.75, 3.05) is 0 Å². The van der Waals surface area contributed by atoms with Gasteiger partial charge < -0.3 is 14.6 Å². The molecule has 0 amide bonds. The van der Waals surface area contributed by atoms with E-state index >= 15 is 0 Å². The van der Waals surface area contributed by atoms with E-state index in [1.54, 1.807) is 0 Å². The van der Waals surface area contributed by atoms with Crippen molar-refractivity contribution in [2.45, 2.75) is 31.0 Å². The van der Waals surface area contributed by atoms with Crippen molar-refractivity contribution >= 4 is 17.6 Å². The fourth-order valence-electron chi connectivity index (χ4n) is 3.82. The van der Waals surface area contributed by atoms with E-state index in [1.807, 2.05) is 30.3 Å². The molecule has 136 valence electrons. The van der Waals surface area contributed by atoms with Gasteiger partial charge in [0.15, 0.2) is 0 Å². The number of fused-ring (bicyclic) bond motifs is 3. The number of rotatable bonds is 3. The molecule has 0 spiro atoms. The summed E-state index contributed by atoms with van der Waals surface area (Å²) >= 11 is 6.31. The molecule has 1 saturated carbocycles. The van der Waals surface area contributed by atoms with Crippen molar-refractivity contribution in [3.8, 4) is 5.75 Å². The van der Waals surface area contributed by atoms with Crippen molar-refractivity contribution in [3.63, 3.8) is 0 Å². The molecule has 4 rings (SSSR count). The Bertz CT molecular complexity index is 888. The molecule has 2 aromatic rings. The zero-order valence-corrected chi connectivity index (χ0v) is 17.1. The quantitative estimate of drug-likeness (QED) is 0.699. The normalized spacial score (nSPS) is 25.5. The Morgan fingerprint density at radius 2 is 1.93 bits per heavy atom. The third kappa shape index (κ3) is 3.37. The fraction of sp³-hybridized carbons (Fsp3) is 0.316. The van der Waals surface area contributed by atoms with E-state index in [0.29, 0.717) is 22.6 Å². The molecular weight excluding hydrogens is 392 g/mol. The Morgan fingerprint density at radius 1 is 1.26 bits per heavy atom. The van der Waals surface area contributed by atoms with Gasteiger partial charge in [-0.1, -0.05) is 41.9 Å². The van der Waals surface area contributed by atoms with Gasteiger partial charge in [-0.3, -0.25) is 0 Å². The standard InChI is InChI=1S/C19H14ClF3O3.Na/c20-14-8-12-13-9-18(13,17(24)25)16(19(21,22)23)26-15(12)7-11(14)6-10-4-2-1-3-5-10;/h1-5,7-8,13,16H,6,9H2,(H,24,25);/q;+1/p-1/t13?,16-,18?;/m1./s1. The molecule has 0 radical (unpaired) electrons. The number of aliphatic carboxylic acids is 1. The second kappa shape index (κ2) is 6.99. The van der Waals surface area contributed by atoms with Crippen molar-refractivity contribution in [1.29, 1.82) is 0 Å². The van der Waals surface area contributed by atoms with Gasteiger partial charge in [-0.05, 0) is 41.7 Å².